The van der Waals surface area contributed by atoms with Crippen molar-refractivity contribution in [2.24, 2.45) is 0 Å². The highest BCUT2D eigenvalue weighted by Gasteiger charge is 2.12. The lowest BCUT2D eigenvalue weighted by atomic mass is 10.1. The number of hydrogen-bond acceptors (Lipinski definition) is 5. The molecule has 0 bridgehead atoms. The molecule has 0 aliphatic rings. The number of methoxy groups -OCH3 is 2. The van der Waals surface area contributed by atoms with Crippen molar-refractivity contribution >= 4 is 17.5 Å². The smallest absolute Gasteiger partial charge is 0.272 e. The molecule has 2 aromatic carbocycles. The Kier molecular flexibility index (Phi) is 5.31. The molecule has 0 aliphatic carbocycles. The quantitative estimate of drug-likeness (QED) is 0.349. The Hall–Kier alpha value is -3.15. The number of carbonyl (C=O) groups is 1. The summed E-state index contributed by atoms with van der Waals surface area (Å²) in [4.78, 5) is 22.9. The van der Waals surface area contributed by atoms with Crippen LogP contribution in [-0.2, 0) is 0 Å². The SMILES string of the molecule is COc1ccc(C(=O)/C=C/c2ccc(C)c([N+](=O)[O-])c2)c(OC)c1. The van der Waals surface area contributed by atoms with E-state index in [2.05, 4.69) is 0 Å². The fraction of sp³-hybridized carbons (Fsp3) is 0.167. The van der Waals surface area contributed by atoms with Gasteiger partial charge in [0.25, 0.3) is 5.69 Å². The average molecular weight is 327 g/mol. The molecule has 0 amide bonds. The molecular formula is C18H17NO5. The number of benzene rings is 2. The standard InChI is InChI=1S/C18H17NO5/c1-12-4-5-13(10-16(12)19(21)22)6-9-17(20)15-8-7-14(23-2)11-18(15)24-3/h4-11H,1-3H3/b9-6+. The van der Waals surface area contributed by atoms with Crippen LogP contribution in [0.2, 0.25) is 0 Å². The van der Waals surface area contributed by atoms with Crippen molar-refractivity contribution in [2.75, 3.05) is 14.2 Å². The van der Waals surface area contributed by atoms with Crippen molar-refractivity contribution in [1.29, 1.82) is 0 Å². The maximum absolute atomic E-state index is 12.3. The highest BCUT2D eigenvalue weighted by atomic mass is 16.6. The maximum Gasteiger partial charge on any atom is 0.272 e. The highest BCUT2D eigenvalue weighted by Crippen LogP contribution is 2.26. The molecule has 24 heavy (non-hydrogen) atoms. The van der Waals surface area contributed by atoms with E-state index < -0.39 is 4.92 Å². The van der Waals surface area contributed by atoms with Gasteiger partial charge in [0, 0.05) is 17.7 Å². The zero-order valence-electron chi connectivity index (χ0n) is 13.6. The van der Waals surface area contributed by atoms with E-state index in [0.717, 1.165) is 0 Å². The minimum atomic E-state index is -0.443. The predicted molar refractivity (Wildman–Crippen MR) is 90.7 cm³/mol. The summed E-state index contributed by atoms with van der Waals surface area (Å²) in [6, 6.07) is 9.71. The van der Waals surface area contributed by atoms with E-state index in [1.807, 2.05) is 0 Å². The number of aryl methyl sites for hydroxylation is 1. The minimum absolute atomic E-state index is 0.0200. The van der Waals surface area contributed by atoms with Gasteiger partial charge in [-0.2, -0.15) is 0 Å². The summed E-state index contributed by atoms with van der Waals surface area (Å²) in [5.41, 5.74) is 1.55. The van der Waals surface area contributed by atoms with Gasteiger partial charge in [-0.05, 0) is 30.7 Å². The fourth-order valence-electron chi connectivity index (χ4n) is 2.19. The Bertz CT molecular complexity index is 811. The third-order valence-electron chi connectivity index (χ3n) is 3.53. The van der Waals surface area contributed by atoms with Crippen LogP contribution in [0.4, 0.5) is 5.69 Å². The van der Waals surface area contributed by atoms with Gasteiger partial charge < -0.3 is 9.47 Å². The first-order valence-corrected chi connectivity index (χ1v) is 7.15. The van der Waals surface area contributed by atoms with E-state index >= 15 is 0 Å². The predicted octanol–water partition coefficient (Wildman–Crippen LogP) is 3.82. The van der Waals surface area contributed by atoms with E-state index in [4.69, 9.17) is 9.47 Å². The van der Waals surface area contributed by atoms with E-state index in [1.54, 1.807) is 43.3 Å². The molecule has 0 atom stereocenters. The molecule has 6 heteroatoms. The second-order valence-electron chi connectivity index (χ2n) is 5.07. The number of ether oxygens (including phenoxy) is 2. The van der Waals surface area contributed by atoms with E-state index in [9.17, 15) is 14.9 Å². The first-order valence-electron chi connectivity index (χ1n) is 7.15. The largest absolute Gasteiger partial charge is 0.497 e. The lowest BCUT2D eigenvalue weighted by Crippen LogP contribution is -1.99. The van der Waals surface area contributed by atoms with Crippen molar-refractivity contribution < 1.29 is 19.2 Å². The van der Waals surface area contributed by atoms with Gasteiger partial charge >= 0.3 is 0 Å². The van der Waals surface area contributed by atoms with Crippen molar-refractivity contribution in [3.8, 4) is 11.5 Å². The first-order chi connectivity index (χ1) is 11.5. The van der Waals surface area contributed by atoms with Crippen molar-refractivity contribution in [2.45, 2.75) is 6.92 Å². The highest BCUT2D eigenvalue weighted by molar-refractivity contribution is 6.08. The molecule has 0 aliphatic heterocycles. The van der Waals surface area contributed by atoms with Gasteiger partial charge in [-0.25, -0.2) is 0 Å². The molecule has 0 aromatic heterocycles. The lowest BCUT2D eigenvalue weighted by Gasteiger charge is -2.07. The summed E-state index contributed by atoms with van der Waals surface area (Å²) < 4.78 is 10.3. The monoisotopic (exact) mass is 327 g/mol. The molecule has 0 saturated heterocycles. The van der Waals surface area contributed by atoms with Crippen LogP contribution in [0, 0.1) is 17.0 Å². The topological polar surface area (TPSA) is 78.7 Å². The summed E-state index contributed by atoms with van der Waals surface area (Å²) in [7, 11) is 3.00. The molecular weight excluding hydrogens is 310 g/mol. The second kappa shape index (κ2) is 7.41. The van der Waals surface area contributed by atoms with Gasteiger partial charge in [0.2, 0.25) is 0 Å². The summed E-state index contributed by atoms with van der Waals surface area (Å²) in [6.07, 6.45) is 2.90. The second-order valence-corrected chi connectivity index (χ2v) is 5.07. The molecule has 0 unspecified atom stereocenters. The van der Waals surface area contributed by atoms with Crippen LogP contribution >= 0.6 is 0 Å². The molecule has 0 radical (unpaired) electrons. The van der Waals surface area contributed by atoms with E-state index in [0.29, 0.717) is 28.2 Å². The minimum Gasteiger partial charge on any atom is -0.497 e. The number of nitro groups is 1. The van der Waals surface area contributed by atoms with Crippen LogP contribution in [0.1, 0.15) is 21.5 Å². The Labute approximate surface area is 139 Å². The molecule has 0 saturated carbocycles. The number of carbonyl (C=O) groups excluding carboxylic acids is 1. The van der Waals surface area contributed by atoms with Crippen LogP contribution in [0.5, 0.6) is 11.5 Å². The van der Waals surface area contributed by atoms with Crippen LogP contribution in [0.15, 0.2) is 42.5 Å². The van der Waals surface area contributed by atoms with Crippen molar-refractivity contribution in [1.82, 2.24) is 0 Å². The van der Waals surface area contributed by atoms with Gasteiger partial charge in [-0.3, -0.25) is 14.9 Å². The van der Waals surface area contributed by atoms with E-state index in [-0.39, 0.29) is 11.5 Å². The molecule has 124 valence electrons. The summed E-state index contributed by atoms with van der Waals surface area (Å²) >= 11 is 0. The first kappa shape index (κ1) is 17.2. The third-order valence-corrected chi connectivity index (χ3v) is 3.53. The number of hydrogen-bond donors (Lipinski definition) is 0. The zero-order valence-corrected chi connectivity index (χ0v) is 13.6. The van der Waals surface area contributed by atoms with Gasteiger partial charge in [0.05, 0.1) is 24.7 Å². The third kappa shape index (κ3) is 3.78. The van der Waals surface area contributed by atoms with Crippen LogP contribution in [0.3, 0.4) is 0 Å². The Morgan fingerprint density at radius 1 is 1.12 bits per heavy atom. The van der Waals surface area contributed by atoms with Crippen LogP contribution < -0.4 is 9.47 Å². The molecule has 0 spiro atoms. The van der Waals surface area contributed by atoms with Gasteiger partial charge in [-0.15, -0.1) is 0 Å². The molecule has 0 fully saturated rings. The Morgan fingerprint density at radius 2 is 1.88 bits per heavy atom. The number of allylic oxidation sites excluding steroid dienone is 1. The molecule has 2 rings (SSSR count). The number of nitro benzene ring substituents is 1. The number of rotatable bonds is 6. The van der Waals surface area contributed by atoms with Gasteiger partial charge in [0.15, 0.2) is 5.78 Å². The van der Waals surface area contributed by atoms with Gasteiger partial charge in [-0.1, -0.05) is 18.2 Å². The Balaban J connectivity index is 2.28. The fourth-order valence-corrected chi connectivity index (χ4v) is 2.19. The zero-order chi connectivity index (χ0) is 17.7. The van der Waals surface area contributed by atoms with Crippen molar-refractivity contribution in [3.63, 3.8) is 0 Å². The molecule has 0 N–H and O–H groups in total. The van der Waals surface area contributed by atoms with E-state index in [1.165, 1.54) is 26.4 Å². The summed E-state index contributed by atoms with van der Waals surface area (Å²) in [6.45, 7) is 1.67. The summed E-state index contributed by atoms with van der Waals surface area (Å²) in [5, 5.41) is 11.0. The normalized spacial score (nSPS) is 10.6. The summed E-state index contributed by atoms with van der Waals surface area (Å²) in [5.74, 6) is 0.721. The number of ketones is 1. The average Bonchev–Trinajstić information content (AvgIpc) is 2.59. The number of nitrogens with zero attached hydrogens (tertiary/aromatic N) is 1. The molecule has 0 heterocycles. The van der Waals surface area contributed by atoms with Crippen LogP contribution in [-0.4, -0.2) is 24.9 Å². The molecule has 6 nitrogen and oxygen atoms in total. The van der Waals surface area contributed by atoms with Gasteiger partial charge in [0.1, 0.15) is 11.5 Å². The molecule has 2 aromatic rings. The van der Waals surface area contributed by atoms with Crippen LogP contribution in [0.25, 0.3) is 6.08 Å². The maximum atomic E-state index is 12.3. The lowest BCUT2D eigenvalue weighted by molar-refractivity contribution is -0.385. The van der Waals surface area contributed by atoms with Crippen molar-refractivity contribution in [3.05, 3.63) is 69.3 Å². The Morgan fingerprint density at radius 3 is 2.50 bits per heavy atom.